The lowest BCUT2D eigenvalue weighted by atomic mass is 9.92. The van der Waals surface area contributed by atoms with E-state index in [-0.39, 0.29) is 23.2 Å². The van der Waals surface area contributed by atoms with E-state index in [0.29, 0.717) is 12.5 Å². The molecule has 0 bridgehead atoms. The number of nitrogens with zero attached hydrogens (tertiary/aromatic N) is 2. The van der Waals surface area contributed by atoms with Gasteiger partial charge in [-0.25, -0.2) is 4.39 Å². The molecule has 1 aromatic carbocycles. The van der Waals surface area contributed by atoms with Gasteiger partial charge in [-0.1, -0.05) is 19.1 Å². The molecular weight excluding hydrogens is 329 g/mol. The first-order valence-corrected chi connectivity index (χ1v) is 9.91. The summed E-state index contributed by atoms with van der Waals surface area (Å²) in [5.41, 5.74) is 0.868. The molecule has 0 aromatic heterocycles. The van der Waals surface area contributed by atoms with Crippen molar-refractivity contribution in [2.24, 2.45) is 5.92 Å². The molecule has 1 saturated carbocycles. The predicted molar refractivity (Wildman–Crippen MR) is 103 cm³/mol. The maximum atomic E-state index is 13.2. The lowest BCUT2D eigenvalue weighted by Gasteiger charge is -2.44. The minimum Gasteiger partial charge on any atom is -0.354 e. The van der Waals surface area contributed by atoms with Crippen molar-refractivity contribution in [3.63, 3.8) is 0 Å². The van der Waals surface area contributed by atoms with E-state index in [1.54, 1.807) is 12.1 Å². The molecule has 1 aliphatic heterocycles. The van der Waals surface area contributed by atoms with Crippen LogP contribution in [0.15, 0.2) is 24.3 Å². The standard InChI is InChI=1S/C21H32FN3O/c1-4-24-11-13-25(14-12-24)21(2,3)15-23-20(26)19(16-5-6-16)17-7-9-18(22)10-8-17/h7-10,16,19H,4-6,11-15H2,1-3H3,(H,23,26). The monoisotopic (exact) mass is 361 g/mol. The molecule has 5 heteroatoms. The van der Waals surface area contributed by atoms with Crippen LogP contribution in [0.2, 0.25) is 0 Å². The molecule has 4 nitrogen and oxygen atoms in total. The number of likely N-dealkylation sites (N-methyl/N-ethyl adjacent to an activating group) is 1. The van der Waals surface area contributed by atoms with Crippen molar-refractivity contribution < 1.29 is 9.18 Å². The van der Waals surface area contributed by atoms with Gasteiger partial charge in [0.05, 0.1) is 5.92 Å². The third-order valence-electron chi connectivity index (χ3n) is 5.98. The molecule has 1 saturated heterocycles. The van der Waals surface area contributed by atoms with E-state index in [1.807, 2.05) is 0 Å². The highest BCUT2D eigenvalue weighted by Crippen LogP contribution is 2.42. The molecule has 0 radical (unpaired) electrons. The van der Waals surface area contributed by atoms with Crippen molar-refractivity contribution in [1.29, 1.82) is 0 Å². The van der Waals surface area contributed by atoms with Gasteiger partial charge >= 0.3 is 0 Å². The van der Waals surface area contributed by atoms with E-state index >= 15 is 0 Å². The summed E-state index contributed by atoms with van der Waals surface area (Å²) in [7, 11) is 0. The van der Waals surface area contributed by atoms with Crippen molar-refractivity contribution in [1.82, 2.24) is 15.1 Å². The van der Waals surface area contributed by atoms with E-state index in [1.165, 1.54) is 12.1 Å². The molecule has 1 heterocycles. The van der Waals surface area contributed by atoms with Crippen LogP contribution in [0.1, 0.15) is 45.1 Å². The quantitative estimate of drug-likeness (QED) is 0.811. The highest BCUT2D eigenvalue weighted by atomic mass is 19.1. The molecule has 144 valence electrons. The Morgan fingerprint density at radius 2 is 1.81 bits per heavy atom. The normalized spacial score (nSPS) is 20.8. The van der Waals surface area contributed by atoms with Gasteiger partial charge in [-0.15, -0.1) is 0 Å². The second-order valence-electron chi connectivity index (χ2n) is 8.32. The van der Waals surface area contributed by atoms with Crippen molar-refractivity contribution in [3.05, 3.63) is 35.6 Å². The summed E-state index contributed by atoms with van der Waals surface area (Å²) in [5.74, 6) is 0.0791. The molecule has 2 aliphatic rings. The third-order valence-corrected chi connectivity index (χ3v) is 5.98. The Bertz CT molecular complexity index is 604. The zero-order chi connectivity index (χ0) is 18.7. The van der Waals surface area contributed by atoms with Crippen molar-refractivity contribution in [2.45, 2.75) is 45.1 Å². The summed E-state index contributed by atoms with van der Waals surface area (Å²) in [4.78, 5) is 17.8. The van der Waals surface area contributed by atoms with Gasteiger partial charge < -0.3 is 10.2 Å². The van der Waals surface area contributed by atoms with E-state index in [0.717, 1.165) is 51.1 Å². The average Bonchev–Trinajstić information content (AvgIpc) is 3.47. The molecule has 1 atom stereocenters. The van der Waals surface area contributed by atoms with Crippen LogP contribution in [-0.4, -0.2) is 60.5 Å². The van der Waals surface area contributed by atoms with Gasteiger partial charge in [-0.2, -0.15) is 0 Å². The van der Waals surface area contributed by atoms with Crippen LogP contribution in [0, 0.1) is 11.7 Å². The number of piperazine rings is 1. The maximum Gasteiger partial charge on any atom is 0.227 e. The zero-order valence-corrected chi connectivity index (χ0v) is 16.3. The van der Waals surface area contributed by atoms with Crippen LogP contribution in [0.3, 0.4) is 0 Å². The fraction of sp³-hybridized carbons (Fsp3) is 0.667. The number of nitrogens with one attached hydrogen (secondary N) is 1. The molecule has 0 spiro atoms. The van der Waals surface area contributed by atoms with Crippen LogP contribution in [0.25, 0.3) is 0 Å². The van der Waals surface area contributed by atoms with Crippen LogP contribution in [0.5, 0.6) is 0 Å². The number of halogens is 1. The second kappa shape index (κ2) is 8.05. The molecule has 2 fully saturated rings. The number of rotatable bonds is 7. The van der Waals surface area contributed by atoms with Gasteiger partial charge in [0, 0.05) is 38.3 Å². The second-order valence-corrected chi connectivity index (χ2v) is 8.32. The van der Waals surface area contributed by atoms with Crippen molar-refractivity contribution in [3.8, 4) is 0 Å². The van der Waals surface area contributed by atoms with E-state index < -0.39 is 0 Å². The minimum absolute atomic E-state index is 0.0631. The third kappa shape index (κ3) is 4.63. The summed E-state index contributed by atoms with van der Waals surface area (Å²) in [5, 5.41) is 3.19. The van der Waals surface area contributed by atoms with E-state index in [4.69, 9.17) is 0 Å². The largest absolute Gasteiger partial charge is 0.354 e. The number of carbonyl (C=O) groups is 1. The Kier molecular flexibility index (Phi) is 5.98. The van der Waals surface area contributed by atoms with Crippen molar-refractivity contribution in [2.75, 3.05) is 39.3 Å². The summed E-state index contributed by atoms with van der Waals surface area (Å²) in [6.07, 6.45) is 2.16. The number of hydrogen-bond acceptors (Lipinski definition) is 3. The Balaban J connectivity index is 1.58. The average molecular weight is 362 g/mol. The Hall–Kier alpha value is -1.46. The minimum atomic E-state index is -0.254. The lowest BCUT2D eigenvalue weighted by molar-refractivity contribution is -0.123. The summed E-state index contributed by atoms with van der Waals surface area (Å²) < 4.78 is 13.2. The first kappa shape index (κ1) is 19.3. The van der Waals surface area contributed by atoms with Gasteiger partial charge in [0.25, 0.3) is 0 Å². The Morgan fingerprint density at radius 3 is 2.35 bits per heavy atom. The van der Waals surface area contributed by atoms with Crippen LogP contribution < -0.4 is 5.32 Å². The maximum absolute atomic E-state index is 13.2. The SMILES string of the molecule is CCN1CCN(C(C)(C)CNC(=O)C(c2ccc(F)cc2)C2CC2)CC1. The molecule has 1 unspecified atom stereocenters. The lowest BCUT2D eigenvalue weighted by Crippen LogP contribution is -2.58. The highest BCUT2D eigenvalue weighted by molar-refractivity contribution is 5.84. The number of amides is 1. The topological polar surface area (TPSA) is 35.6 Å². The molecule has 1 aliphatic carbocycles. The van der Waals surface area contributed by atoms with Crippen molar-refractivity contribution >= 4 is 5.91 Å². The molecule has 1 aromatic rings. The first-order chi connectivity index (χ1) is 12.4. The van der Waals surface area contributed by atoms with Gasteiger partial charge in [-0.05, 0) is 56.8 Å². The number of benzene rings is 1. The van der Waals surface area contributed by atoms with Gasteiger partial charge in [0.2, 0.25) is 5.91 Å². The molecule has 1 N–H and O–H groups in total. The summed E-state index contributed by atoms with van der Waals surface area (Å²) >= 11 is 0. The molecule has 3 rings (SSSR count). The number of hydrogen-bond donors (Lipinski definition) is 1. The molecule has 1 amide bonds. The van der Waals surface area contributed by atoms with Crippen LogP contribution in [0.4, 0.5) is 4.39 Å². The fourth-order valence-electron chi connectivity index (χ4n) is 3.93. The van der Waals surface area contributed by atoms with E-state index in [2.05, 4.69) is 35.9 Å². The Morgan fingerprint density at radius 1 is 1.19 bits per heavy atom. The fourth-order valence-corrected chi connectivity index (χ4v) is 3.93. The van der Waals surface area contributed by atoms with Crippen LogP contribution >= 0.6 is 0 Å². The first-order valence-electron chi connectivity index (χ1n) is 9.91. The van der Waals surface area contributed by atoms with E-state index in [9.17, 15) is 9.18 Å². The van der Waals surface area contributed by atoms with Gasteiger partial charge in [0.15, 0.2) is 0 Å². The molecular formula is C21H32FN3O. The number of carbonyl (C=O) groups excluding carboxylic acids is 1. The smallest absolute Gasteiger partial charge is 0.227 e. The van der Waals surface area contributed by atoms with Gasteiger partial charge in [0.1, 0.15) is 5.82 Å². The Labute approximate surface area is 156 Å². The van der Waals surface area contributed by atoms with Gasteiger partial charge in [-0.3, -0.25) is 9.69 Å². The zero-order valence-electron chi connectivity index (χ0n) is 16.3. The van der Waals surface area contributed by atoms with Crippen LogP contribution in [-0.2, 0) is 4.79 Å². The molecule has 26 heavy (non-hydrogen) atoms. The summed E-state index contributed by atoms with van der Waals surface area (Å²) in [6.45, 7) is 12.6. The highest BCUT2D eigenvalue weighted by Gasteiger charge is 2.38. The summed E-state index contributed by atoms with van der Waals surface area (Å²) in [6, 6.07) is 6.42. The predicted octanol–water partition coefficient (Wildman–Crippen LogP) is 2.85.